The number of para-hydroxylation sites is 2. The lowest BCUT2D eigenvalue weighted by molar-refractivity contribution is -0.135. The van der Waals surface area contributed by atoms with Crippen molar-refractivity contribution < 1.29 is 23.1 Å². The Bertz CT molecular complexity index is 822. The first-order chi connectivity index (χ1) is 10.9. The average molecular weight is 356 g/mol. The predicted octanol–water partition coefficient (Wildman–Crippen LogP) is 2.63. The SMILES string of the molecule is COc1ccccc1N(CC(=O)O)S(=O)(=O)c1cccc(Cl)c1. The Balaban J connectivity index is 2.61. The van der Waals surface area contributed by atoms with Crippen LogP contribution in [-0.2, 0) is 14.8 Å². The Hall–Kier alpha value is -2.25. The number of methoxy groups -OCH3 is 1. The van der Waals surface area contributed by atoms with Crippen LogP contribution >= 0.6 is 11.6 Å². The van der Waals surface area contributed by atoms with Crippen molar-refractivity contribution in [3.8, 4) is 5.75 Å². The van der Waals surface area contributed by atoms with Crippen LogP contribution in [0.25, 0.3) is 0 Å². The highest BCUT2D eigenvalue weighted by atomic mass is 35.5. The van der Waals surface area contributed by atoms with Gasteiger partial charge in [0.05, 0.1) is 17.7 Å². The van der Waals surface area contributed by atoms with Crippen LogP contribution in [0.15, 0.2) is 53.4 Å². The van der Waals surface area contributed by atoms with Gasteiger partial charge in [-0.2, -0.15) is 0 Å². The van der Waals surface area contributed by atoms with Crippen molar-refractivity contribution in [2.75, 3.05) is 18.0 Å². The highest BCUT2D eigenvalue weighted by Gasteiger charge is 2.29. The zero-order chi connectivity index (χ0) is 17.0. The molecule has 0 fully saturated rings. The molecular weight excluding hydrogens is 342 g/mol. The van der Waals surface area contributed by atoms with Crippen molar-refractivity contribution in [1.82, 2.24) is 0 Å². The van der Waals surface area contributed by atoms with Crippen molar-refractivity contribution in [3.63, 3.8) is 0 Å². The number of hydrogen-bond acceptors (Lipinski definition) is 4. The molecule has 0 radical (unpaired) electrons. The van der Waals surface area contributed by atoms with Gasteiger partial charge in [-0.15, -0.1) is 0 Å². The van der Waals surface area contributed by atoms with Gasteiger partial charge in [-0.25, -0.2) is 8.42 Å². The first kappa shape index (κ1) is 17.1. The third-order valence-corrected chi connectivity index (χ3v) is 5.01. The Morgan fingerprint density at radius 1 is 1.22 bits per heavy atom. The van der Waals surface area contributed by atoms with Crippen LogP contribution in [0, 0.1) is 0 Å². The molecule has 0 aliphatic rings. The molecule has 2 aromatic carbocycles. The number of hydrogen-bond donors (Lipinski definition) is 1. The van der Waals surface area contributed by atoms with Gasteiger partial charge < -0.3 is 9.84 Å². The van der Waals surface area contributed by atoms with Crippen LogP contribution in [0.5, 0.6) is 5.75 Å². The first-order valence-electron chi connectivity index (χ1n) is 6.49. The van der Waals surface area contributed by atoms with Gasteiger partial charge in [0.25, 0.3) is 10.0 Å². The van der Waals surface area contributed by atoms with Crippen LogP contribution in [-0.4, -0.2) is 33.1 Å². The molecule has 0 bridgehead atoms. The Labute approximate surface area is 138 Å². The summed E-state index contributed by atoms with van der Waals surface area (Å²) in [5.74, 6) is -1.04. The summed E-state index contributed by atoms with van der Waals surface area (Å²) >= 11 is 5.84. The molecule has 0 atom stereocenters. The summed E-state index contributed by atoms with van der Waals surface area (Å²) in [6.45, 7) is -0.741. The van der Waals surface area contributed by atoms with Crippen molar-refractivity contribution in [1.29, 1.82) is 0 Å². The van der Waals surface area contributed by atoms with Gasteiger partial charge in [0.2, 0.25) is 0 Å². The maximum absolute atomic E-state index is 12.8. The fraction of sp³-hybridized carbons (Fsp3) is 0.133. The molecule has 0 aliphatic heterocycles. The highest BCUT2D eigenvalue weighted by Crippen LogP contribution is 2.32. The number of carbonyl (C=O) groups is 1. The standard InChI is InChI=1S/C15H14ClNO5S/c1-22-14-8-3-2-7-13(14)17(10-15(18)19)23(20,21)12-6-4-5-11(16)9-12/h2-9H,10H2,1H3,(H,18,19). The zero-order valence-electron chi connectivity index (χ0n) is 12.1. The number of anilines is 1. The monoisotopic (exact) mass is 355 g/mol. The smallest absolute Gasteiger partial charge is 0.324 e. The summed E-state index contributed by atoms with van der Waals surface area (Å²) < 4.78 is 31.6. The Morgan fingerprint density at radius 3 is 2.52 bits per heavy atom. The molecule has 122 valence electrons. The third kappa shape index (κ3) is 3.75. The van der Waals surface area contributed by atoms with Gasteiger partial charge in [0.15, 0.2) is 0 Å². The maximum Gasteiger partial charge on any atom is 0.324 e. The molecule has 0 saturated heterocycles. The molecule has 0 amide bonds. The summed E-state index contributed by atoms with van der Waals surface area (Å²) in [5, 5.41) is 9.34. The van der Waals surface area contributed by atoms with Crippen LogP contribution < -0.4 is 9.04 Å². The number of nitrogens with zero attached hydrogens (tertiary/aromatic N) is 1. The number of ether oxygens (including phenoxy) is 1. The molecule has 0 aliphatic carbocycles. The number of aliphatic carboxylic acids is 1. The van der Waals surface area contributed by atoms with Crippen LogP contribution in [0.4, 0.5) is 5.69 Å². The van der Waals surface area contributed by atoms with E-state index in [0.717, 1.165) is 4.31 Å². The topological polar surface area (TPSA) is 83.9 Å². The van der Waals surface area contributed by atoms with E-state index in [0.29, 0.717) is 0 Å². The minimum Gasteiger partial charge on any atom is -0.495 e. The molecule has 0 spiro atoms. The summed E-state index contributed by atoms with van der Waals surface area (Å²) in [6.07, 6.45) is 0. The van der Waals surface area contributed by atoms with Crippen LogP contribution in [0.1, 0.15) is 0 Å². The molecule has 0 unspecified atom stereocenters. The second kappa shape index (κ2) is 6.89. The summed E-state index contributed by atoms with van der Waals surface area (Å²) in [5.41, 5.74) is 0.136. The summed E-state index contributed by atoms with van der Waals surface area (Å²) in [6, 6.07) is 11.9. The van der Waals surface area contributed by atoms with Gasteiger partial charge in [-0.05, 0) is 30.3 Å². The van der Waals surface area contributed by atoms with Gasteiger partial charge in [-0.1, -0.05) is 29.8 Å². The van der Waals surface area contributed by atoms with Gasteiger partial charge in [0, 0.05) is 5.02 Å². The van der Waals surface area contributed by atoms with Crippen LogP contribution in [0.3, 0.4) is 0 Å². The third-order valence-electron chi connectivity index (χ3n) is 3.02. The molecule has 0 saturated carbocycles. The average Bonchev–Trinajstić information content (AvgIpc) is 2.52. The van der Waals surface area contributed by atoms with Gasteiger partial charge in [-0.3, -0.25) is 9.10 Å². The van der Waals surface area contributed by atoms with Gasteiger partial charge in [0.1, 0.15) is 12.3 Å². The van der Waals surface area contributed by atoms with E-state index in [9.17, 15) is 13.2 Å². The Morgan fingerprint density at radius 2 is 1.91 bits per heavy atom. The van der Waals surface area contributed by atoms with Gasteiger partial charge >= 0.3 is 5.97 Å². The van der Waals surface area contributed by atoms with E-state index in [1.54, 1.807) is 18.2 Å². The first-order valence-corrected chi connectivity index (χ1v) is 8.31. The number of carboxylic acids is 1. The number of halogens is 1. The lowest BCUT2D eigenvalue weighted by Gasteiger charge is -2.24. The second-order valence-electron chi connectivity index (χ2n) is 4.53. The van der Waals surface area contributed by atoms with Crippen molar-refractivity contribution in [2.45, 2.75) is 4.90 Å². The molecule has 1 N–H and O–H groups in total. The van der Waals surface area contributed by atoms with Crippen LogP contribution in [0.2, 0.25) is 5.02 Å². The molecule has 6 nitrogen and oxygen atoms in total. The quantitative estimate of drug-likeness (QED) is 0.861. The number of sulfonamides is 1. The van der Waals surface area contributed by atoms with E-state index in [1.807, 2.05) is 0 Å². The van der Waals surface area contributed by atoms with E-state index in [2.05, 4.69) is 0 Å². The minimum atomic E-state index is -4.12. The highest BCUT2D eigenvalue weighted by molar-refractivity contribution is 7.92. The van der Waals surface area contributed by atoms with Crippen molar-refractivity contribution in [2.24, 2.45) is 0 Å². The molecule has 0 aromatic heterocycles. The molecule has 0 heterocycles. The number of rotatable bonds is 6. The predicted molar refractivity (Wildman–Crippen MR) is 86.6 cm³/mol. The molecule has 2 aromatic rings. The van der Waals surface area contributed by atoms with E-state index < -0.39 is 22.5 Å². The fourth-order valence-corrected chi connectivity index (χ4v) is 3.74. The summed E-state index contributed by atoms with van der Waals surface area (Å²) in [7, 11) is -2.74. The molecule has 23 heavy (non-hydrogen) atoms. The second-order valence-corrected chi connectivity index (χ2v) is 6.83. The summed E-state index contributed by atoms with van der Waals surface area (Å²) in [4.78, 5) is 11.1. The molecule has 8 heteroatoms. The molecular formula is C15H14ClNO5S. The van der Waals surface area contributed by atoms with E-state index in [-0.39, 0.29) is 21.4 Å². The number of carboxylic acid groups (broad SMARTS) is 1. The maximum atomic E-state index is 12.8. The minimum absolute atomic E-state index is 0.0999. The lowest BCUT2D eigenvalue weighted by atomic mass is 10.3. The fourth-order valence-electron chi connectivity index (χ4n) is 2.01. The normalized spacial score (nSPS) is 11.0. The van der Waals surface area contributed by atoms with Crippen molar-refractivity contribution in [3.05, 3.63) is 53.6 Å². The Kier molecular flexibility index (Phi) is 5.12. The van der Waals surface area contributed by atoms with E-state index in [1.165, 1.54) is 37.4 Å². The van der Waals surface area contributed by atoms with Crippen molar-refractivity contribution >= 4 is 33.3 Å². The van der Waals surface area contributed by atoms with E-state index in [4.69, 9.17) is 21.4 Å². The molecule has 2 rings (SSSR count). The zero-order valence-corrected chi connectivity index (χ0v) is 13.7. The number of benzene rings is 2. The lowest BCUT2D eigenvalue weighted by Crippen LogP contribution is -2.36. The largest absolute Gasteiger partial charge is 0.495 e. The van der Waals surface area contributed by atoms with E-state index >= 15 is 0 Å².